The van der Waals surface area contributed by atoms with Crippen molar-refractivity contribution in [3.05, 3.63) is 88.8 Å². The van der Waals surface area contributed by atoms with Gasteiger partial charge in [-0.3, -0.25) is 4.98 Å². The Morgan fingerprint density at radius 1 is 1.00 bits per heavy atom. The summed E-state index contributed by atoms with van der Waals surface area (Å²) < 4.78 is 56.1. The van der Waals surface area contributed by atoms with E-state index in [-0.39, 0.29) is 56.1 Å². The second kappa shape index (κ2) is 11.8. The number of aryl methyl sites for hydroxylation is 1. The van der Waals surface area contributed by atoms with Crippen molar-refractivity contribution in [3.63, 3.8) is 0 Å². The number of aromatic nitrogens is 1. The molecule has 1 N–H and O–H groups in total. The average molecular weight is 494 g/mol. The fourth-order valence-electron chi connectivity index (χ4n) is 2.31. The largest absolute Gasteiger partial charge is 0.694 e. The standard InChI is InChI=1S/C15H13F2NO2.C6H4F2N.Y/c1-3-20-15(19)12-6-4-9(2)18-14(12)11-7-5-10(16)8-13(11)17;7-4-2-1-3-5(8)6(4)9;/h4-8H,3H2,1-2H3;1-3,9H;/q;-1;. The zero-order valence-corrected chi connectivity index (χ0v) is 19.0. The first-order chi connectivity index (χ1) is 13.7. The Hall–Kier alpha value is -2.32. The van der Waals surface area contributed by atoms with Crippen molar-refractivity contribution in [1.82, 2.24) is 4.98 Å². The Kier molecular flexibility index (Phi) is 10.1. The summed E-state index contributed by atoms with van der Waals surface area (Å²) in [5.41, 5.74) is 7.02. The molecule has 1 radical (unpaired) electrons. The Morgan fingerprint density at radius 2 is 1.63 bits per heavy atom. The third-order valence-electron chi connectivity index (χ3n) is 3.68. The van der Waals surface area contributed by atoms with E-state index in [0.717, 1.165) is 24.3 Å². The molecule has 3 rings (SSSR count). The summed E-state index contributed by atoms with van der Waals surface area (Å²) in [5, 5.41) is 0. The first kappa shape index (κ1) is 25.7. The van der Waals surface area contributed by atoms with Gasteiger partial charge >= 0.3 is 5.97 Å². The van der Waals surface area contributed by atoms with Crippen LogP contribution in [0.2, 0.25) is 0 Å². The number of hydrogen-bond donors (Lipinski definition) is 0. The van der Waals surface area contributed by atoms with Crippen molar-refractivity contribution in [2.24, 2.45) is 0 Å². The van der Waals surface area contributed by atoms with Crippen molar-refractivity contribution in [3.8, 4) is 11.3 Å². The Bertz CT molecular complexity index is 1010. The van der Waals surface area contributed by atoms with Crippen LogP contribution in [0.3, 0.4) is 0 Å². The van der Waals surface area contributed by atoms with Gasteiger partial charge in [0.1, 0.15) is 23.3 Å². The molecular weight excluding hydrogens is 477 g/mol. The predicted molar refractivity (Wildman–Crippen MR) is 101 cm³/mol. The van der Waals surface area contributed by atoms with Gasteiger partial charge in [-0.15, -0.1) is 0 Å². The average Bonchev–Trinajstić information content (AvgIpc) is 2.66. The van der Waals surface area contributed by atoms with Crippen LogP contribution in [0.15, 0.2) is 48.5 Å². The van der Waals surface area contributed by atoms with Crippen LogP contribution < -0.4 is 0 Å². The molecule has 4 nitrogen and oxygen atoms in total. The van der Waals surface area contributed by atoms with Crippen LogP contribution in [0.25, 0.3) is 17.0 Å². The Balaban J connectivity index is 0.000000379. The van der Waals surface area contributed by atoms with E-state index < -0.39 is 34.9 Å². The summed E-state index contributed by atoms with van der Waals surface area (Å²) in [5.74, 6) is -3.69. The summed E-state index contributed by atoms with van der Waals surface area (Å²) in [6.07, 6.45) is 0. The minimum atomic E-state index is -0.824. The summed E-state index contributed by atoms with van der Waals surface area (Å²) >= 11 is 0. The fraction of sp³-hybridized carbons (Fsp3) is 0.143. The van der Waals surface area contributed by atoms with Crippen LogP contribution in [0, 0.1) is 30.2 Å². The first-order valence-electron chi connectivity index (χ1n) is 8.50. The van der Waals surface area contributed by atoms with E-state index in [0.29, 0.717) is 5.69 Å². The second-order valence-corrected chi connectivity index (χ2v) is 5.79. The molecule has 0 aliphatic carbocycles. The third kappa shape index (κ3) is 6.60. The number of halogens is 4. The number of nitrogens with zero attached hydrogens (tertiary/aromatic N) is 1. The molecule has 3 aromatic rings. The number of benzene rings is 2. The summed E-state index contributed by atoms with van der Waals surface area (Å²) in [7, 11) is 0. The van der Waals surface area contributed by atoms with Gasteiger partial charge < -0.3 is 10.5 Å². The number of ether oxygens (including phenoxy) is 1. The van der Waals surface area contributed by atoms with Crippen LogP contribution in [-0.4, -0.2) is 17.6 Å². The van der Waals surface area contributed by atoms with Gasteiger partial charge in [-0.2, -0.15) is 0 Å². The number of esters is 1. The van der Waals surface area contributed by atoms with Gasteiger partial charge in [0.25, 0.3) is 0 Å². The van der Waals surface area contributed by atoms with E-state index in [2.05, 4.69) is 4.98 Å². The maximum Gasteiger partial charge on any atom is 0.340 e. The monoisotopic (exact) mass is 494 g/mol. The van der Waals surface area contributed by atoms with E-state index in [4.69, 9.17) is 10.5 Å². The van der Waals surface area contributed by atoms with Crippen LogP contribution in [0.4, 0.5) is 23.2 Å². The Morgan fingerprint density at radius 3 is 2.17 bits per heavy atom. The van der Waals surface area contributed by atoms with Gasteiger partial charge in [0.15, 0.2) is 0 Å². The van der Waals surface area contributed by atoms with Crippen LogP contribution >= 0.6 is 0 Å². The molecule has 0 amide bonds. The smallest absolute Gasteiger partial charge is 0.340 e. The second-order valence-electron chi connectivity index (χ2n) is 5.79. The van der Waals surface area contributed by atoms with E-state index in [1.165, 1.54) is 18.2 Å². The molecule has 0 atom stereocenters. The molecule has 0 spiro atoms. The maximum absolute atomic E-state index is 13.9. The van der Waals surface area contributed by atoms with E-state index >= 15 is 0 Å². The van der Waals surface area contributed by atoms with Gasteiger partial charge in [0.05, 0.1) is 17.9 Å². The molecule has 155 valence electrons. The Labute approximate surface area is 196 Å². The molecule has 0 saturated carbocycles. The normalized spacial score (nSPS) is 9.80. The predicted octanol–water partition coefficient (Wildman–Crippen LogP) is 6.16. The molecule has 1 aromatic heterocycles. The van der Waals surface area contributed by atoms with Crippen molar-refractivity contribution >= 4 is 11.7 Å². The first-order valence-corrected chi connectivity index (χ1v) is 8.50. The summed E-state index contributed by atoms with van der Waals surface area (Å²) in [4.78, 5) is 16.0. The van der Waals surface area contributed by atoms with Gasteiger partial charge in [0, 0.05) is 50.0 Å². The van der Waals surface area contributed by atoms with Gasteiger partial charge in [-0.25, -0.2) is 22.4 Å². The summed E-state index contributed by atoms with van der Waals surface area (Å²) in [6.45, 7) is 3.61. The molecule has 0 fully saturated rings. The molecule has 0 unspecified atom stereocenters. The topological polar surface area (TPSA) is 63.0 Å². The summed E-state index contributed by atoms with van der Waals surface area (Å²) in [6, 6.07) is 9.62. The maximum atomic E-state index is 13.9. The van der Waals surface area contributed by atoms with Crippen LogP contribution in [0.1, 0.15) is 23.0 Å². The number of carbonyl (C=O) groups is 1. The fourth-order valence-corrected chi connectivity index (χ4v) is 2.31. The molecule has 2 aromatic carbocycles. The number of hydrogen-bond acceptors (Lipinski definition) is 3. The van der Waals surface area contributed by atoms with Crippen molar-refractivity contribution in [1.29, 1.82) is 0 Å². The van der Waals surface area contributed by atoms with Crippen LogP contribution in [0.5, 0.6) is 0 Å². The molecule has 9 heteroatoms. The molecule has 1 heterocycles. The minimum Gasteiger partial charge on any atom is -0.694 e. The van der Waals surface area contributed by atoms with E-state index in [1.54, 1.807) is 19.9 Å². The van der Waals surface area contributed by atoms with E-state index in [9.17, 15) is 22.4 Å². The van der Waals surface area contributed by atoms with Crippen molar-refractivity contribution in [2.45, 2.75) is 13.8 Å². The quantitative estimate of drug-likeness (QED) is 0.324. The molecule has 0 aliphatic heterocycles. The van der Waals surface area contributed by atoms with Crippen molar-refractivity contribution in [2.75, 3.05) is 6.61 Å². The van der Waals surface area contributed by atoms with Crippen molar-refractivity contribution < 1.29 is 59.8 Å². The molecule has 0 saturated heterocycles. The zero-order chi connectivity index (χ0) is 21.6. The van der Waals surface area contributed by atoms with Gasteiger partial charge in [0.2, 0.25) is 0 Å². The third-order valence-corrected chi connectivity index (χ3v) is 3.68. The molecule has 30 heavy (non-hydrogen) atoms. The van der Waals surface area contributed by atoms with Crippen LogP contribution in [-0.2, 0) is 37.4 Å². The molecule has 0 aliphatic rings. The SMILES string of the molecule is CCOC(=O)c1ccc(C)nc1-c1ccc(F)cc1F.[NH-]c1c(F)cccc1F.[Y]. The minimum absolute atomic E-state index is 0. The number of carbonyl (C=O) groups excluding carboxylic acids is 1. The van der Waals surface area contributed by atoms with E-state index in [1.807, 2.05) is 0 Å². The van der Waals surface area contributed by atoms with Gasteiger partial charge in [-0.1, -0.05) is 11.8 Å². The molecule has 0 bridgehead atoms. The van der Waals surface area contributed by atoms with Gasteiger partial charge in [-0.05, 0) is 50.2 Å². The molecular formula is C21H17F4N2O2Y-. The number of nitrogens with one attached hydrogen (secondary N) is 1. The number of pyridine rings is 1. The number of rotatable bonds is 3. The zero-order valence-electron chi connectivity index (χ0n) is 16.2.